The lowest BCUT2D eigenvalue weighted by molar-refractivity contribution is 0.746. The quantitative estimate of drug-likeness (QED) is 0.211. The molecule has 0 aliphatic carbocycles. The molecule has 1 aliphatic rings. The summed E-state index contributed by atoms with van der Waals surface area (Å²) < 4.78 is 4.61. The minimum absolute atomic E-state index is 0.448. The zero-order chi connectivity index (χ0) is 31.6. The molecule has 226 valence electrons. The highest BCUT2D eigenvalue weighted by atomic mass is 15.3. The molecular formula is C43H29N5. The van der Waals surface area contributed by atoms with Crippen molar-refractivity contribution < 1.29 is 0 Å². The van der Waals surface area contributed by atoms with Crippen LogP contribution in [0.25, 0.3) is 60.1 Å². The van der Waals surface area contributed by atoms with Crippen molar-refractivity contribution in [2.45, 2.75) is 6.17 Å². The standard InChI is InChI=1S/C43H29N5/c1-3-14-29(15-4-1)41-44-42(30-24-25-38-35(27-30)33-19-9-11-21-36(33)47(38)31-16-5-2-6-17-31)46-43(45-41)48-37-22-12-10-20-34(37)40-32-18-8-7-13-28(32)23-26-39(40)48/h1-27,42H,(H,44,45,46). The van der Waals surface area contributed by atoms with Crippen molar-refractivity contribution in [2.75, 3.05) is 0 Å². The molecular weight excluding hydrogens is 587 g/mol. The van der Waals surface area contributed by atoms with Gasteiger partial charge in [0.1, 0.15) is 5.84 Å². The minimum Gasteiger partial charge on any atom is -0.310 e. The number of aromatic nitrogens is 2. The van der Waals surface area contributed by atoms with E-state index in [2.05, 4.69) is 172 Å². The third-order valence-corrected chi connectivity index (χ3v) is 9.56. The first-order chi connectivity index (χ1) is 23.8. The Kier molecular flexibility index (Phi) is 5.87. The number of aliphatic imine (C=N–C) groups is 2. The molecule has 9 aromatic rings. The summed E-state index contributed by atoms with van der Waals surface area (Å²) >= 11 is 0. The van der Waals surface area contributed by atoms with E-state index in [0.717, 1.165) is 45.2 Å². The summed E-state index contributed by atoms with van der Waals surface area (Å²) in [6, 6.07) is 57.8. The Morgan fingerprint density at radius 1 is 0.458 bits per heavy atom. The van der Waals surface area contributed by atoms with Crippen molar-refractivity contribution in [3.8, 4) is 5.69 Å². The van der Waals surface area contributed by atoms with E-state index >= 15 is 0 Å². The van der Waals surface area contributed by atoms with Crippen LogP contribution in [-0.2, 0) is 0 Å². The summed E-state index contributed by atoms with van der Waals surface area (Å²) in [5.74, 6) is 1.55. The maximum absolute atomic E-state index is 5.38. The highest BCUT2D eigenvalue weighted by Crippen LogP contribution is 2.37. The molecule has 48 heavy (non-hydrogen) atoms. The summed E-state index contributed by atoms with van der Waals surface area (Å²) in [5.41, 5.74) is 7.74. The van der Waals surface area contributed by atoms with Gasteiger partial charge in [0.2, 0.25) is 5.96 Å². The first-order valence-electron chi connectivity index (χ1n) is 16.3. The van der Waals surface area contributed by atoms with Gasteiger partial charge in [-0.2, -0.15) is 0 Å². The predicted octanol–water partition coefficient (Wildman–Crippen LogP) is 10.00. The topological polar surface area (TPSA) is 46.6 Å². The number of amidine groups is 1. The summed E-state index contributed by atoms with van der Waals surface area (Å²) in [5, 5.41) is 10.9. The van der Waals surface area contributed by atoms with Gasteiger partial charge in [-0.15, -0.1) is 0 Å². The second-order valence-corrected chi connectivity index (χ2v) is 12.3. The van der Waals surface area contributed by atoms with Gasteiger partial charge in [-0.3, -0.25) is 4.57 Å². The van der Waals surface area contributed by atoms with Crippen molar-refractivity contribution in [2.24, 2.45) is 9.98 Å². The molecule has 1 unspecified atom stereocenters. The average Bonchev–Trinajstić information content (AvgIpc) is 3.68. The van der Waals surface area contributed by atoms with Gasteiger partial charge in [-0.05, 0) is 58.8 Å². The van der Waals surface area contributed by atoms with Crippen LogP contribution >= 0.6 is 0 Å². The Labute approximate surface area is 276 Å². The molecule has 0 saturated heterocycles. The molecule has 2 aromatic heterocycles. The van der Waals surface area contributed by atoms with Gasteiger partial charge in [0.15, 0.2) is 6.17 Å². The highest BCUT2D eigenvalue weighted by molar-refractivity contribution is 6.25. The van der Waals surface area contributed by atoms with Crippen molar-refractivity contribution in [3.63, 3.8) is 0 Å². The van der Waals surface area contributed by atoms with Crippen LogP contribution in [0.5, 0.6) is 0 Å². The number of rotatable bonds is 3. The van der Waals surface area contributed by atoms with Crippen LogP contribution in [-0.4, -0.2) is 20.9 Å². The lowest BCUT2D eigenvalue weighted by Crippen LogP contribution is -2.39. The Hall–Kier alpha value is -6.46. The van der Waals surface area contributed by atoms with Gasteiger partial charge in [0.05, 0.1) is 22.1 Å². The number of hydrogen-bond acceptors (Lipinski definition) is 3. The summed E-state index contributed by atoms with van der Waals surface area (Å²) in [6.07, 6.45) is -0.448. The monoisotopic (exact) mass is 615 g/mol. The van der Waals surface area contributed by atoms with E-state index in [1.165, 1.54) is 37.8 Å². The second-order valence-electron chi connectivity index (χ2n) is 12.3. The van der Waals surface area contributed by atoms with E-state index in [9.17, 15) is 0 Å². The van der Waals surface area contributed by atoms with Gasteiger partial charge in [-0.25, -0.2) is 9.98 Å². The number of benzene rings is 7. The largest absolute Gasteiger partial charge is 0.310 e. The van der Waals surface area contributed by atoms with Gasteiger partial charge < -0.3 is 9.88 Å². The fourth-order valence-corrected chi connectivity index (χ4v) is 7.42. The summed E-state index contributed by atoms with van der Waals surface area (Å²) in [4.78, 5) is 10.6. The zero-order valence-corrected chi connectivity index (χ0v) is 26.0. The van der Waals surface area contributed by atoms with Gasteiger partial charge in [-0.1, -0.05) is 121 Å². The van der Waals surface area contributed by atoms with Gasteiger partial charge in [0.25, 0.3) is 0 Å². The fourth-order valence-electron chi connectivity index (χ4n) is 7.42. The molecule has 0 spiro atoms. The van der Waals surface area contributed by atoms with Crippen LogP contribution in [0.4, 0.5) is 0 Å². The van der Waals surface area contributed by atoms with Crippen molar-refractivity contribution in [1.82, 2.24) is 14.5 Å². The van der Waals surface area contributed by atoms with Crippen LogP contribution in [0, 0.1) is 0 Å². The van der Waals surface area contributed by atoms with E-state index in [-0.39, 0.29) is 0 Å². The van der Waals surface area contributed by atoms with Gasteiger partial charge >= 0.3 is 0 Å². The third-order valence-electron chi connectivity index (χ3n) is 9.56. The smallest absolute Gasteiger partial charge is 0.211 e. The van der Waals surface area contributed by atoms with Crippen LogP contribution in [0.15, 0.2) is 174 Å². The lowest BCUT2D eigenvalue weighted by atomic mass is 10.0. The van der Waals surface area contributed by atoms with E-state index in [4.69, 9.17) is 9.98 Å². The molecule has 0 radical (unpaired) electrons. The van der Waals surface area contributed by atoms with Crippen LogP contribution in [0.2, 0.25) is 0 Å². The van der Waals surface area contributed by atoms with E-state index < -0.39 is 6.17 Å². The zero-order valence-electron chi connectivity index (χ0n) is 26.0. The molecule has 1 aliphatic heterocycles. The van der Waals surface area contributed by atoms with Gasteiger partial charge in [0, 0.05) is 32.8 Å². The number of nitrogens with zero attached hydrogens (tertiary/aromatic N) is 4. The molecule has 10 rings (SSSR count). The van der Waals surface area contributed by atoms with E-state index in [0.29, 0.717) is 0 Å². The molecule has 0 fully saturated rings. The van der Waals surface area contributed by atoms with Crippen LogP contribution in [0.3, 0.4) is 0 Å². The fraction of sp³-hybridized carbons (Fsp3) is 0.0233. The predicted molar refractivity (Wildman–Crippen MR) is 199 cm³/mol. The Morgan fingerprint density at radius 2 is 1.08 bits per heavy atom. The molecule has 7 aromatic carbocycles. The highest BCUT2D eigenvalue weighted by Gasteiger charge is 2.25. The van der Waals surface area contributed by atoms with Crippen molar-refractivity contribution in [3.05, 3.63) is 175 Å². The van der Waals surface area contributed by atoms with Crippen LogP contribution < -0.4 is 5.32 Å². The number of para-hydroxylation sites is 3. The maximum atomic E-state index is 5.38. The number of hydrogen-bond donors (Lipinski definition) is 1. The normalized spacial score (nSPS) is 14.9. The van der Waals surface area contributed by atoms with E-state index in [1.54, 1.807) is 0 Å². The Bertz CT molecular complexity index is 2750. The molecule has 1 atom stereocenters. The van der Waals surface area contributed by atoms with Crippen molar-refractivity contribution >= 4 is 66.2 Å². The first-order valence-corrected chi connectivity index (χ1v) is 16.3. The molecule has 0 saturated carbocycles. The average molecular weight is 616 g/mol. The van der Waals surface area contributed by atoms with Crippen LogP contribution in [0.1, 0.15) is 17.3 Å². The second kappa shape index (κ2) is 10.5. The van der Waals surface area contributed by atoms with Crippen molar-refractivity contribution in [1.29, 1.82) is 0 Å². The van der Waals surface area contributed by atoms with E-state index in [1.807, 2.05) is 6.07 Å². The Balaban J connectivity index is 1.21. The first kappa shape index (κ1) is 26.7. The molecule has 1 N–H and O–H groups in total. The minimum atomic E-state index is -0.448. The maximum Gasteiger partial charge on any atom is 0.211 e. The molecule has 0 bridgehead atoms. The Morgan fingerprint density at radius 3 is 1.90 bits per heavy atom. The molecule has 3 heterocycles. The molecule has 5 heteroatoms. The number of nitrogens with one attached hydrogen (secondary N) is 1. The lowest BCUT2D eigenvalue weighted by Gasteiger charge is -2.23. The SMILES string of the molecule is c1ccc(C2=NC(c3ccc4c(c3)c3ccccc3n4-c3ccccc3)N=C(n3c4ccccc4c4c5ccccc5ccc43)N2)cc1. The number of fused-ring (bicyclic) bond motifs is 8. The third kappa shape index (κ3) is 4.04. The summed E-state index contributed by atoms with van der Waals surface area (Å²) in [7, 11) is 0. The molecule has 5 nitrogen and oxygen atoms in total. The summed E-state index contributed by atoms with van der Waals surface area (Å²) in [6.45, 7) is 0. The molecule has 0 amide bonds.